The lowest BCUT2D eigenvalue weighted by molar-refractivity contribution is 0.0855. The van der Waals surface area contributed by atoms with Crippen molar-refractivity contribution in [3.8, 4) is 5.75 Å². The van der Waals surface area contributed by atoms with Crippen LogP contribution in [0.5, 0.6) is 5.75 Å². The zero-order valence-electron chi connectivity index (χ0n) is 19.4. The molecule has 0 aliphatic carbocycles. The van der Waals surface area contributed by atoms with Gasteiger partial charge < -0.3 is 19.5 Å². The monoisotopic (exact) mass is 467 g/mol. The standard InChI is InChI=1S/C15H14N4O3.C9H12FNO/c1-9-16-11(8-20)6-12(17-9)13-7-14(22-18-13)10-3-4-19(2)15(21)5-10;1-11-6-7-3-4-8(10)9(5-7)12-2/h3-6,8,14H,7H2,1-2H3;3-5,11H,6H2,1-2H3. The predicted molar refractivity (Wildman–Crippen MR) is 125 cm³/mol. The molecule has 178 valence electrons. The fraction of sp³-hybridized carbons (Fsp3) is 0.292. The Kier molecular flexibility index (Phi) is 8.20. The maximum Gasteiger partial charge on any atom is 0.250 e. The fourth-order valence-electron chi connectivity index (χ4n) is 3.29. The lowest BCUT2D eigenvalue weighted by atomic mass is 10.0. The van der Waals surface area contributed by atoms with E-state index in [1.165, 1.54) is 23.8 Å². The predicted octanol–water partition coefficient (Wildman–Crippen LogP) is 2.72. The second-order valence-electron chi connectivity index (χ2n) is 7.59. The third kappa shape index (κ3) is 6.10. The lowest BCUT2D eigenvalue weighted by Crippen LogP contribution is -2.16. The van der Waals surface area contributed by atoms with E-state index in [2.05, 4.69) is 20.4 Å². The highest BCUT2D eigenvalue weighted by Gasteiger charge is 2.25. The van der Waals surface area contributed by atoms with Crippen LogP contribution in [-0.4, -0.2) is 40.7 Å². The molecule has 4 rings (SSSR count). The number of halogens is 1. The molecule has 3 aromatic rings. The van der Waals surface area contributed by atoms with Crippen molar-refractivity contribution in [3.05, 3.63) is 87.1 Å². The number of pyridine rings is 1. The number of carbonyl (C=O) groups excluding carboxylic acids is 1. The molecule has 2 aromatic heterocycles. The number of aldehydes is 1. The quantitative estimate of drug-likeness (QED) is 0.556. The van der Waals surface area contributed by atoms with E-state index in [1.54, 1.807) is 38.4 Å². The van der Waals surface area contributed by atoms with Gasteiger partial charge >= 0.3 is 0 Å². The molecule has 1 aliphatic rings. The van der Waals surface area contributed by atoms with E-state index < -0.39 is 0 Å². The molecule has 1 atom stereocenters. The number of ether oxygens (including phenoxy) is 1. The number of aromatic nitrogens is 3. The van der Waals surface area contributed by atoms with Gasteiger partial charge in [-0.25, -0.2) is 14.4 Å². The second-order valence-corrected chi connectivity index (χ2v) is 7.59. The molecule has 1 aromatic carbocycles. The largest absolute Gasteiger partial charge is 0.494 e. The molecule has 1 unspecified atom stereocenters. The fourth-order valence-corrected chi connectivity index (χ4v) is 3.29. The summed E-state index contributed by atoms with van der Waals surface area (Å²) < 4.78 is 19.2. The number of nitrogens with zero attached hydrogens (tertiary/aromatic N) is 4. The van der Waals surface area contributed by atoms with Crippen molar-refractivity contribution in [2.75, 3.05) is 14.2 Å². The normalized spacial score (nSPS) is 14.5. The Morgan fingerprint density at radius 2 is 2.06 bits per heavy atom. The van der Waals surface area contributed by atoms with Crippen molar-refractivity contribution < 1.29 is 18.8 Å². The van der Waals surface area contributed by atoms with Gasteiger partial charge in [0.1, 0.15) is 17.2 Å². The minimum absolute atomic E-state index is 0.101. The van der Waals surface area contributed by atoms with Gasteiger partial charge in [-0.3, -0.25) is 9.59 Å². The average Bonchev–Trinajstić information content (AvgIpc) is 3.33. The topological polar surface area (TPSA) is 108 Å². The van der Waals surface area contributed by atoms with Gasteiger partial charge in [-0.1, -0.05) is 11.2 Å². The van der Waals surface area contributed by atoms with E-state index in [1.807, 2.05) is 13.1 Å². The molecule has 10 heteroatoms. The number of methoxy groups -OCH3 is 1. The Bertz CT molecular complexity index is 1260. The molecular formula is C24H26FN5O4. The Hall–Kier alpha value is -3.92. The van der Waals surface area contributed by atoms with Crippen LogP contribution in [0.3, 0.4) is 0 Å². The number of oxime groups is 1. The summed E-state index contributed by atoms with van der Waals surface area (Å²) in [5.74, 6) is 0.472. The van der Waals surface area contributed by atoms with E-state index in [-0.39, 0.29) is 17.5 Å². The third-order valence-corrected chi connectivity index (χ3v) is 5.04. The van der Waals surface area contributed by atoms with E-state index in [9.17, 15) is 14.0 Å². The molecule has 0 fully saturated rings. The number of carbonyl (C=O) groups is 1. The molecule has 0 saturated heterocycles. The zero-order chi connectivity index (χ0) is 24.7. The smallest absolute Gasteiger partial charge is 0.250 e. The van der Waals surface area contributed by atoms with Gasteiger partial charge in [0.25, 0.3) is 5.56 Å². The molecule has 0 spiro atoms. The Balaban J connectivity index is 0.000000229. The SMILES string of the molecule is CNCc1ccc(F)c(OC)c1.Cc1nc(C=O)cc(C2=NOC(c3ccn(C)c(=O)c3)C2)n1. The summed E-state index contributed by atoms with van der Waals surface area (Å²) in [6.07, 6.45) is 2.53. The summed E-state index contributed by atoms with van der Waals surface area (Å²) in [6.45, 7) is 2.43. The number of rotatable bonds is 6. The number of aryl methyl sites for hydroxylation is 2. The highest BCUT2D eigenvalue weighted by molar-refractivity contribution is 6.00. The number of hydrogen-bond acceptors (Lipinski definition) is 8. The maximum atomic E-state index is 12.9. The van der Waals surface area contributed by atoms with Crippen molar-refractivity contribution >= 4 is 12.0 Å². The van der Waals surface area contributed by atoms with Gasteiger partial charge in [-0.2, -0.15) is 0 Å². The van der Waals surface area contributed by atoms with Crippen LogP contribution in [0.4, 0.5) is 4.39 Å². The van der Waals surface area contributed by atoms with E-state index >= 15 is 0 Å². The van der Waals surface area contributed by atoms with Gasteiger partial charge in [0.15, 0.2) is 24.0 Å². The molecular weight excluding hydrogens is 441 g/mol. The van der Waals surface area contributed by atoms with Crippen molar-refractivity contribution in [2.24, 2.45) is 12.2 Å². The molecule has 0 saturated carbocycles. The van der Waals surface area contributed by atoms with E-state index in [0.29, 0.717) is 41.4 Å². The molecule has 1 aliphatic heterocycles. The molecule has 1 N–H and O–H groups in total. The van der Waals surface area contributed by atoms with Crippen molar-refractivity contribution in [1.82, 2.24) is 19.9 Å². The Morgan fingerprint density at radius 1 is 1.26 bits per heavy atom. The number of hydrogen-bond donors (Lipinski definition) is 1. The summed E-state index contributed by atoms with van der Waals surface area (Å²) in [7, 11) is 4.99. The summed E-state index contributed by atoms with van der Waals surface area (Å²) in [4.78, 5) is 36.3. The van der Waals surface area contributed by atoms with Crippen molar-refractivity contribution in [3.63, 3.8) is 0 Å². The Morgan fingerprint density at radius 3 is 2.74 bits per heavy atom. The van der Waals surface area contributed by atoms with E-state index in [4.69, 9.17) is 9.57 Å². The highest BCUT2D eigenvalue weighted by atomic mass is 19.1. The second kappa shape index (κ2) is 11.3. The summed E-state index contributed by atoms with van der Waals surface area (Å²) in [6, 6.07) is 9.76. The van der Waals surface area contributed by atoms with Crippen LogP contribution in [-0.2, 0) is 18.4 Å². The molecule has 0 amide bonds. The van der Waals surface area contributed by atoms with Gasteiger partial charge in [-0.15, -0.1) is 0 Å². The summed E-state index contributed by atoms with van der Waals surface area (Å²) in [5.41, 5.74) is 3.19. The third-order valence-electron chi connectivity index (χ3n) is 5.04. The Labute approximate surface area is 196 Å². The van der Waals surface area contributed by atoms with Crippen LogP contribution in [0.2, 0.25) is 0 Å². The molecule has 9 nitrogen and oxygen atoms in total. The van der Waals surface area contributed by atoms with Crippen LogP contribution in [0.25, 0.3) is 0 Å². The molecule has 34 heavy (non-hydrogen) atoms. The summed E-state index contributed by atoms with van der Waals surface area (Å²) in [5, 5.41) is 7.01. The van der Waals surface area contributed by atoms with Gasteiger partial charge in [0.05, 0.1) is 12.8 Å². The van der Waals surface area contributed by atoms with Gasteiger partial charge in [0, 0.05) is 37.8 Å². The first kappa shape index (κ1) is 24.7. The number of benzene rings is 1. The van der Waals surface area contributed by atoms with Crippen LogP contribution >= 0.6 is 0 Å². The highest BCUT2D eigenvalue weighted by Crippen LogP contribution is 2.28. The van der Waals surface area contributed by atoms with Gasteiger partial charge in [0.2, 0.25) is 0 Å². The molecule has 0 radical (unpaired) electrons. The van der Waals surface area contributed by atoms with Crippen molar-refractivity contribution in [2.45, 2.75) is 26.0 Å². The van der Waals surface area contributed by atoms with Crippen LogP contribution in [0, 0.1) is 12.7 Å². The first-order chi connectivity index (χ1) is 16.3. The van der Waals surface area contributed by atoms with Crippen LogP contribution in [0.1, 0.15) is 45.7 Å². The lowest BCUT2D eigenvalue weighted by Gasteiger charge is -2.08. The maximum absolute atomic E-state index is 12.9. The van der Waals surface area contributed by atoms with Gasteiger partial charge in [-0.05, 0) is 43.8 Å². The van der Waals surface area contributed by atoms with Crippen LogP contribution in [0.15, 0.2) is 52.5 Å². The molecule has 0 bridgehead atoms. The number of nitrogens with one attached hydrogen (secondary N) is 1. The van der Waals surface area contributed by atoms with Crippen LogP contribution < -0.4 is 15.6 Å². The first-order valence-corrected chi connectivity index (χ1v) is 10.5. The van der Waals surface area contributed by atoms with Crippen molar-refractivity contribution in [1.29, 1.82) is 0 Å². The summed E-state index contributed by atoms with van der Waals surface area (Å²) >= 11 is 0. The zero-order valence-corrected chi connectivity index (χ0v) is 19.4. The minimum atomic E-state index is -0.322. The minimum Gasteiger partial charge on any atom is -0.494 e. The molecule has 3 heterocycles. The average molecular weight is 468 g/mol. The van der Waals surface area contributed by atoms with E-state index in [0.717, 1.165) is 17.7 Å². The first-order valence-electron chi connectivity index (χ1n) is 10.5.